The number of anilines is 1. The van der Waals surface area contributed by atoms with Crippen molar-refractivity contribution >= 4 is 44.5 Å². The molecule has 0 bridgehead atoms. The molecule has 1 aliphatic rings. The van der Waals surface area contributed by atoms with Gasteiger partial charge in [-0.25, -0.2) is 4.79 Å². The number of halogens is 1. The summed E-state index contributed by atoms with van der Waals surface area (Å²) in [7, 11) is 1.53. The highest BCUT2D eigenvalue weighted by Gasteiger charge is 2.44. The molecule has 5 rings (SSSR count). The second-order valence-electron chi connectivity index (χ2n) is 9.27. The molecule has 0 N–H and O–H groups in total. The van der Waals surface area contributed by atoms with Crippen molar-refractivity contribution in [3.8, 4) is 11.5 Å². The predicted molar refractivity (Wildman–Crippen MR) is 155 cm³/mol. The van der Waals surface area contributed by atoms with E-state index in [1.54, 1.807) is 60.7 Å². The van der Waals surface area contributed by atoms with E-state index in [1.807, 2.05) is 13.8 Å². The van der Waals surface area contributed by atoms with E-state index in [9.17, 15) is 14.4 Å². The number of carbonyl (C=O) groups is 2. The van der Waals surface area contributed by atoms with Crippen molar-refractivity contribution < 1.29 is 28.2 Å². The molecule has 4 aromatic rings. The molecule has 206 valence electrons. The topological polar surface area (TPSA) is 95.3 Å². The lowest BCUT2D eigenvalue weighted by Gasteiger charge is -2.26. The summed E-state index contributed by atoms with van der Waals surface area (Å²) in [5, 5.41) is 0.357. The summed E-state index contributed by atoms with van der Waals surface area (Å²) in [6, 6.07) is 16.2. The van der Waals surface area contributed by atoms with Gasteiger partial charge in [-0.15, -0.1) is 0 Å². The molecule has 40 heavy (non-hydrogen) atoms. The highest BCUT2D eigenvalue weighted by molar-refractivity contribution is 9.10. The van der Waals surface area contributed by atoms with Gasteiger partial charge in [-0.2, -0.15) is 0 Å². The van der Waals surface area contributed by atoms with Crippen molar-refractivity contribution in [3.63, 3.8) is 0 Å². The molecule has 3 aromatic carbocycles. The second-order valence-corrected chi connectivity index (χ2v) is 10.2. The molecule has 0 fully saturated rings. The highest BCUT2D eigenvalue weighted by atomic mass is 79.9. The summed E-state index contributed by atoms with van der Waals surface area (Å²) in [5.41, 5.74) is 1.73. The summed E-state index contributed by atoms with van der Waals surface area (Å²) >= 11 is 3.42. The van der Waals surface area contributed by atoms with Crippen LogP contribution >= 0.6 is 15.9 Å². The first kappa shape index (κ1) is 27.5. The van der Waals surface area contributed by atoms with Gasteiger partial charge in [0.1, 0.15) is 5.58 Å². The van der Waals surface area contributed by atoms with Gasteiger partial charge >= 0.3 is 5.97 Å². The Morgan fingerprint density at radius 3 is 2.48 bits per heavy atom. The first-order valence-corrected chi connectivity index (χ1v) is 13.8. The molecule has 1 aliphatic heterocycles. The van der Waals surface area contributed by atoms with Crippen LogP contribution in [0, 0.1) is 0 Å². The molecule has 1 unspecified atom stereocenters. The van der Waals surface area contributed by atoms with Crippen molar-refractivity contribution in [3.05, 3.63) is 97.8 Å². The van der Waals surface area contributed by atoms with Gasteiger partial charge in [-0.3, -0.25) is 14.5 Å². The predicted octanol–water partition coefficient (Wildman–Crippen LogP) is 6.67. The van der Waals surface area contributed by atoms with Crippen LogP contribution in [-0.4, -0.2) is 32.2 Å². The molecule has 0 saturated heterocycles. The van der Waals surface area contributed by atoms with Gasteiger partial charge in [0.25, 0.3) is 5.91 Å². The summed E-state index contributed by atoms with van der Waals surface area (Å²) in [5.74, 6) is 0.0924. The van der Waals surface area contributed by atoms with Gasteiger partial charge in [-0.1, -0.05) is 35.3 Å². The fourth-order valence-electron chi connectivity index (χ4n) is 4.81. The maximum Gasteiger partial charge on any atom is 0.338 e. The molecular weight excluding hydrogens is 578 g/mol. The van der Waals surface area contributed by atoms with Crippen LogP contribution in [0.1, 0.15) is 64.8 Å². The smallest absolute Gasteiger partial charge is 0.338 e. The van der Waals surface area contributed by atoms with E-state index in [1.165, 1.54) is 12.0 Å². The van der Waals surface area contributed by atoms with E-state index in [4.69, 9.17) is 18.6 Å². The van der Waals surface area contributed by atoms with E-state index >= 15 is 0 Å². The monoisotopic (exact) mass is 605 g/mol. The van der Waals surface area contributed by atoms with Crippen LogP contribution in [0.25, 0.3) is 11.0 Å². The Bertz CT molecular complexity index is 1640. The van der Waals surface area contributed by atoms with Gasteiger partial charge in [-0.05, 0) is 73.5 Å². The van der Waals surface area contributed by atoms with Gasteiger partial charge in [0.15, 0.2) is 16.9 Å². The third-order valence-electron chi connectivity index (χ3n) is 6.75. The number of amides is 1. The molecule has 0 spiro atoms. The minimum Gasteiger partial charge on any atom is -0.493 e. The average Bonchev–Trinajstić information content (AvgIpc) is 3.26. The molecule has 1 amide bonds. The zero-order valence-corrected chi connectivity index (χ0v) is 23.9. The number of fused-ring (bicyclic) bond motifs is 2. The fourth-order valence-corrected chi connectivity index (χ4v) is 5.17. The number of ether oxygens (including phenoxy) is 3. The second kappa shape index (κ2) is 11.6. The van der Waals surface area contributed by atoms with E-state index in [-0.39, 0.29) is 16.8 Å². The third-order valence-corrected chi connectivity index (χ3v) is 7.24. The van der Waals surface area contributed by atoms with Crippen LogP contribution in [0.15, 0.2) is 74.3 Å². The van der Waals surface area contributed by atoms with E-state index in [2.05, 4.69) is 15.9 Å². The first-order chi connectivity index (χ1) is 19.4. The van der Waals surface area contributed by atoms with Gasteiger partial charge in [0.2, 0.25) is 5.76 Å². The number of rotatable bonds is 9. The lowest BCUT2D eigenvalue weighted by molar-refractivity contribution is 0.0499. The molecule has 2 heterocycles. The molecule has 0 radical (unpaired) electrons. The first-order valence-electron chi connectivity index (χ1n) is 13.1. The third kappa shape index (κ3) is 4.97. The van der Waals surface area contributed by atoms with Crippen LogP contribution in [0.2, 0.25) is 0 Å². The van der Waals surface area contributed by atoms with Crippen molar-refractivity contribution in [2.24, 2.45) is 0 Å². The lowest BCUT2D eigenvalue weighted by atomic mass is 9.97. The Morgan fingerprint density at radius 1 is 1.00 bits per heavy atom. The maximum absolute atomic E-state index is 13.9. The quantitative estimate of drug-likeness (QED) is 0.155. The zero-order valence-electron chi connectivity index (χ0n) is 22.4. The van der Waals surface area contributed by atoms with Crippen molar-refractivity contribution in [2.45, 2.75) is 32.7 Å². The molecule has 0 aliphatic carbocycles. The Kier molecular flexibility index (Phi) is 7.93. The zero-order chi connectivity index (χ0) is 28.4. The van der Waals surface area contributed by atoms with E-state index < -0.39 is 17.9 Å². The van der Waals surface area contributed by atoms with Gasteiger partial charge < -0.3 is 18.6 Å². The minimum atomic E-state index is -0.811. The Hall–Kier alpha value is -4.11. The van der Waals surface area contributed by atoms with Gasteiger partial charge in [0.05, 0.1) is 42.9 Å². The fraction of sp³-hybridized carbons (Fsp3) is 0.258. The van der Waals surface area contributed by atoms with Gasteiger partial charge in [0, 0.05) is 10.2 Å². The summed E-state index contributed by atoms with van der Waals surface area (Å²) in [4.78, 5) is 41.8. The minimum absolute atomic E-state index is 0.0271. The number of nitrogens with zero attached hydrogens (tertiary/aromatic N) is 1. The number of benzene rings is 3. The largest absolute Gasteiger partial charge is 0.493 e. The lowest BCUT2D eigenvalue weighted by Crippen LogP contribution is -2.29. The summed E-state index contributed by atoms with van der Waals surface area (Å²) in [6.07, 6.45) is 1.70. The van der Waals surface area contributed by atoms with Crippen LogP contribution in [0.5, 0.6) is 11.5 Å². The van der Waals surface area contributed by atoms with Crippen molar-refractivity contribution in [2.75, 3.05) is 25.2 Å². The molecule has 8 nitrogen and oxygen atoms in total. The van der Waals surface area contributed by atoms with Crippen molar-refractivity contribution in [1.82, 2.24) is 0 Å². The molecule has 0 saturated carbocycles. The highest BCUT2D eigenvalue weighted by Crippen LogP contribution is 2.43. The van der Waals surface area contributed by atoms with Crippen LogP contribution in [0.4, 0.5) is 5.69 Å². The number of carbonyl (C=O) groups excluding carboxylic acids is 2. The normalized spacial score (nSPS) is 14.3. The van der Waals surface area contributed by atoms with Crippen LogP contribution < -0.4 is 19.8 Å². The number of hydrogen-bond donors (Lipinski definition) is 0. The Morgan fingerprint density at radius 2 is 1.77 bits per heavy atom. The number of unbranched alkanes of at least 4 members (excludes halogenated alkanes) is 1. The molecular formula is C31H28BrNO7. The SMILES string of the molecule is CCCCOC(=O)c1ccc(N2C(=O)c3oc4ccc(Br)cc4c(=O)c3C2c2ccc(OCC)c(OC)c2)cc1. The van der Waals surface area contributed by atoms with Crippen LogP contribution in [-0.2, 0) is 4.74 Å². The van der Waals surface area contributed by atoms with E-state index in [0.29, 0.717) is 57.0 Å². The number of methoxy groups -OCH3 is 1. The molecule has 1 atom stereocenters. The standard InChI is InChI=1S/C31H28BrNO7/c1-4-6-15-39-31(36)18-7-11-21(12-8-18)33-27(19-9-13-24(38-5-2)25(16-19)37-3)26-28(34)22-17-20(32)10-14-23(22)40-29(26)30(33)35/h7-14,16-17,27H,4-6,15H2,1-3H3. The molecule has 9 heteroatoms. The average molecular weight is 606 g/mol. The van der Waals surface area contributed by atoms with Crippen molar-refractivity contribution in [1.29, 1.82) is 0 Å². The van der Waals surface area contributed by atoms with Crippen LogP contribution in [0.3, 0.4) is 0 Å². The Labute approximate surface area is 239 Å². The summed E-state index contributed by atoms with van der Waals surface area (Å²) < 4.78 is 23.3. The Balaban J connectivity index is 1.65. The molecule has 1 aromatic heterocycles. The maximum atomic E-state index is 13.9. The van der Waals surface area contributed by atoms with E-state index in [0.717, 1.165) is 12.8 Å². The number of esters is 1. The number of hydrogen-bond acceptors (Lipinski definition) is 7. The summed E-state index contributed by atoms with van der Waals surface area (Å²) in [6.45, 7) is 4.69.